The molecule has 1 unspecified atom stereocenters. The molecule has 0 saturated carbocycles. The van der Waals surface area contributed by atoms with Crippen LogP contribution in [0.5, 0.6) is 11.5 Å². The van der Waals surface area contributed by atoms with E-state index in [9.17, 15) is 18.3 Å². The maximum atomic E-state index is 12.4. The number of aliphatic hydroxyl groups is 1. The number of aliphatic hydroxyl groups excluding tert-OH is 1. The number of carbonyl (C=O) groups is 1. The van der Waals surface area contributed by atoms with Crippen LogP contribution in [-0.4, -0.2) is 34.0 Å². The Kier molecular flexibility index (Phi) is 9.91. The lowest BCUT2D eigenvalue weighted by molar-refractivity contribution is 0.112. The first-order chi connectivity index (χ1) is 17.8. The number of hydrogen-bond acceptors (Lipinski definition) is 7. The smallest absolute Gasteiger partial charge is 0.206 e. The van der Waals surface area contributed by atoms with Crippen molar-refractivity contribution in [1.29, 1.82) is 0 Å². The standard InChI is InChI=1S/C15H16O4S.C14H12O2S/c1-11(16)12-3-7-14(8-4-12)20(17,18)15-9-5-13(19-2)6-10-15;1-16-12-4-8-14(9-5-12)17-13-6-2-11(10-15)3-7-13/h3-11,16H,1-2H3;2-10H,1H3. The molecule has 4 rings (SSSR count). The van der Waals surface area contributed by atoms with Crippen LogP contribution in [0, 0.1) is 0 Å². The molecular formula is C29H28O6S2. The number of rotatable bonds is 8. The summed E-state index contributed by atoms with van der Waals surface area (Å²) in [5.74, 6) is 1.46. The molecule has 0 amide bonds. The van der Waals surface area contributed by atoms with Gasteiger partial charge in [0.2, 0.25) is 9.84 Å². The molecule has 37 heavy (non-hydrogen) atoms. The first-order valence-corrected chi connectivity index (χ1v) is 13.6. The Bertz CT molecular complexity index is 1380. The molecule has 0 heterocycles. The average molecular weight is 537 g/mol. The van der Waals surface area contributed by atoms with Crippen LogP contribution in [0.15, 0.2) is 117 Å². The summed E-state index contributed by atoms with van der Waals surface area (Å²) < 4.78 is 34.9. The normalized spacial score (nSPS) is 11.6. The fraction of sp³-hybridized carbons (Fsp3) is 0.138. The minimum absolute atomic E-state index is 0.201. The van der Waals surface area contributed by atoms with Gasteiger partial charge >= 0.3 is 0 Å². The van der Waals surface area contributed by atoms with Gasteiger partial charge in [-0.1, -0.05) is 36.0 Å². The summed E-state index contributed by atoms with van der Waals surface area (Å²) in [5, 5.41) is 9.43. The lowest BCUT2D eigenvalue weighted by atomic mass is 10.1. The molecule has 1 atom stereocenters. The van der Waals surface area contributed by atoms with E-state index in [0.717, 1.165) is 21.8 Å². The Labute approximate surface area is 221 Å². The highest BCUT2D eigenvalue weighted by atomic mass is 32.2. The topological polar surface area (TPSA) is 89.9 Å². The van der Waals surface area contributed by atoms with E-state index in [1.54, 1.807) is 50.1 Å². The van der Waals surface area contributed by atoms with Crippen LogP contribution in [0.4, 0.5) is 0 Å². The maximum absolute atomic E-state index is 12.4. The van der Waals surface area contributed by atoms with Crippen molar-refractivity contribution < 1.29 is 27.8 Å². The monoisotopic (exact) mass is 536 g/mol. The Morgan fingerprint density at radius 3 is 1.51 bits per heavy atom. The predicted octanol–water partition coefficient (Wildman–Crippen LogP) is 6.24. The van der Waals surface area contributed by atoms with Crippen LogP contribution in [0.1, 0.15) is 28.9 Å². The van der Waals surface area contributed by atoms with Crippen LogP contribution < -0.4 is 9.47 Å². The molecule has 4 aromatic rings. The lowest BCUT2D eigenvalue weighted by Crippen LogP contribution is -2.02. The number of ether oxygens (including phenoxy) is 2. The zero-order valence-corrected chi connectivity index (χ0v) is 22.3. The number of benzene rings is 4. The van der Waals surface area contributed by atoms with Crippen molar-refractivity contribution in [2.24, 2.45) is 0 Å². The van der Waals surface area contributed by atoms with E-state index in [4.69, 9.17) is 9.47 Å². The maximum Gasteiger partial charge on any atom is 0.206 e. The van der Waals surface area contributed by atoms with Crippen molar-refractivity contribution in [2.45, 2.75) is 32.6 Å². The van der Waals surface area contributed by atoms with Crippen molar-refractivity contribution >= 4 is 27.9 Å². The van der Waals surface area contributed by atoms with Gasteiger partial charge in [0.15, 0.2) is 0 Å². The minimum Gasteiger partial charge on any atom is -0.497 e. The minimum atomic E-state index is -3.54. The third-order valence-electron chi connectivity index (χ3n) is 5.35. The zero-order chi connectivity index (χ0) is 26.8. The van der Waals surface area contributed by atoms with Crippen LogP contribution in [0.25, 0.3) is 0 Å². The Morgan fingerprint density at radius 1 is 0.703 bits per heavy atom. The quantitative estimate of drug-likeness (QED) is 0.267. The van der Waals surface area contributed by atoms with E-state index in [-0.39, 0.29) is 9.79 Å². The highest BCUT2D eigenvalue weighted by molar-refractivity contribution is 7.99. The van der Waals surface area contributed by atoms with Crippen LogP contribution in [-0.2, 0) is 9.84 Å². The molecular weight excluding hydrogens is 508 g/mol. The number of carbonyl (C=O) groups excluding carboxylic acids is 1. The molecule has 0 aliphatic carbocycles. The summed E-state index contributed by atoms with van der Waals surface area (Å²) in [6.07, 6.45) is 0.231. The summed E-state index contributed by atoms with van der Waals surface area (Å²) in [4.78, 5) is 13.2. The van der Waals surface area contributed by atoms with Gasteiger partial charge in [0.25, 0.3) is 0 Å². The second-order valence-electron chi connectivity index (χ2n) is 7.89. The molecule has 0 aliphatic heterocycles. The molecule has 192 valence electrons. The van der Waals surface area contributed by atoms with E-state index in [0.29, 0.717) is 16.9 Å². The van der Waals surface area contributed by atoms with Crippen molar-refractivity contribution in [3.63, 3.8) is 0 Å². The molecule has 0 radical (unpaired) electrons. The lowest BCUT2D eigenvalue weighted by Gasteiger charge is -2.08. The number of hydrogen-bond donors (Lipinski definition) is 1. The van der Waals surface area contributed by atoms with E-state index < -0.39 is 15.9 Å². The molecule has 4 aromatic carbocycles. The van der Waals surface area contributed by atoms with Gasteiger partial charge in [0.05, 0.1) is 30.1 Å². The zero-order valence-electron chi connectivity index (χ0n) is 20.7. The van der Waals surface area contributed by atoms with Crippen LogP contribution >= 0.6 is 11.8 Å². The highest BCUT2D eigenvalue weighted by Crippen LogP contribution is 2.29. The van der Waals surface area contributed by atoms with Gasteiger partial charge in [-0.3, -0.25) is 4.79 Å². The van der Waals surface area contributed by atoms with Crippen molar-refractivity contribution in [3.05, 3.63) is 108 Å². The van der Waals surface area contributed by atoms with Gasteiger partial charge in [0, 0.05) is 15.4 Å². The van der Waals surface area contributed by atoms with E-state index in [2.05, 4.69) is 0 Å². The molecule has 6 nitrogen and oxygen atoms in total. The number of sulfone groups is 1. The van der Waals surface area contributed by atoms with Gasteiger partial charge in [-0.15, -0.1) is 0 Å². The second kappa shape index (κ2) is 13.1. The van der Waals surface area contributed by atoms with Crippen molar-refractivity contribution in [1.82, 2.24) is 0 Å². The summed E-state index contributed by atoms with van der Waals surface area (Å²) in [6.45, 7) is 1.63. The fourth-order valence-corrected chi connectivity index (χ4v) is 5.29. The van der Waals surface area contributed by atoms with Crippen molar-refractivity contribution in [2.75, 3.05) is 14.2 Å². The summed E-state index contributed by atoms with van der Waals surface area (Å²) >= 11 is 1.65. The highest BCUT2D eigenvalue weighted by Gasteiger charge is 2.17. The van der Waals surface area contributed by atoms with Crippen LogP contribution in [0.3, 0.4) is 0 Å². The van der Waals surface area contributed by atoms with Gasteiger partial charge in [-0.05, 0) is 85.3 Å². The predicted molar refractivity (Wildman–Crippen MR) is 144 cm³/mol. The Morgan fingerprint density at radius 2 is 1.11 bits per heavy atom. The summed E-state index contributed by atoms with van der Waals surface area (Å²) in [6, 6.07) is 27.9. The Hall–Kier alpha value is -3.59. The SMILES string of the molecule is COc1ccc(S(=O)(=O)c2ccc(C(C)O)cc2)cc1.COc1ccc(Sc2ccc(C=O)cc2)cc1. The Balaban J connectivity index is 0.000000208. The second-order valence-corrected chi connectivity index (χ2v) is 11.0. The fourth-order valence-electron chi connectivity index (χ4n) is 3.21. The first-order valence-electron chi connectivity index (χ1n) is 11.3. The number of methoxy groups -OCH3 is 2. The van der Waals surface area contributed by atoms with Gasteiger partial charge in [-0.25, -0.2) is 8.42 Å². The largest absolute Gasteiger partial charge is 0.497 e. The third kappa shape index (κ3) is 7.69. The molecule has 0 spiro atoms. The molecule has 0 saturated heterocycles. The van der Waals surface area contributed by atoms with Crippen LogP contribution in [0.2, 0.25) is 0 Å². The average Bonchev–Trinajstić information content (AvgIpc) is 2.94. The van der Waals surface area contributed by atoms with Gasteiger partial charge in [-0.2, -0.15) is 0 Å². The van der Waals surface area contributed by atoms with Gasteiger partial charge in [0.1, 0.15) is 17.8 Å². The molecule has 0 bridgehead atoms. The van der Waals surface area contributed by atoms with Crippen molar-refractivity contribution in [3.8, 4) is 11.5 Å². The molecule has 0 fully saturated rings. The molecule has 1 N–H and O–H groups in total. The molecule has 0 aromatic heterocycles. The first kappa shape index (κ1) is 28.0. The van der Waals surface area contributed by atoms with E-state index in [1.165, 1.54) is 31.4 Å². The van der Waals surface area contributed by atoms with E-state index >= 15 is 0 Å². The molecule has 8 heteroatoms. The summed E-state index contributed by atoms with van der Waals surface area (Å²) in [7, 11) is -0.364. The number of aldehydes is 1. The van der Waals surface area contributed by atoms with Gasteiger partial charge < -0.3 is 14.6 Å². The summed E-state index contributed by atoms with van der Waals surface area (Å²) in [5.41, 5.74) is 1.38. The third-order valence-corrected chi connectivity index (χ3v) is 8.16. The van der Waals surface area contributed by atoms with E-state index in [1.807, 2.05) is 48.5 Å². The molecule has 0 aliphatic rings.